The third kappa shape index (κ3) is 16.4. The lowest BCUT2D eigenvalue weighted by atomic mass is 10.0. The van der Waals surface area contributed by atoms with Crippen molar-refractivity contribution in [3.63, 3.8) is 0 Å². The first-order valence-corrected chi connectivity index (χ1v) is 23.4. The standard InChI is InChI=1S/C49H63N13O9/c1-3-4-19-34(56-28(2)63)43(66)60-38-25-40(64)55-27-39(42(50)65)61-48(71)41(32-26-54-33-20-12-11-18-31(32)33)62-44(67)35(21-13-22-53-49(51)52)57-45(68)36(23-29-14-7-5-8-15-29)58-46(69)37(59-47(38)70)24-30-16-9-6-10-17-30/h5-12,14-18,20,26,34-39,41,54H,3-4,13,19,21-25,27H2,1-2H3,(H2,50,65)(H,55,64)(H,56,63)(H,57,68)(H,58,69)(H,59,70)(H,60,66)(H,61,71)(H,62,67)(H4,51,52,53)/t34-,35+,36-,37+,38+,39-,41-/m0/s1. The molecule has 9 amide bonds. The number of aliphatic imine (C=N–C) groups is 1. The number of nitrogens with one attached hydrogen (secondary N) is 9. The summed E-state index contributed by atoms with van der Waals surface area (Å²) in [5.41, 5.74) is 19.0. The first kappa shape index (κ1) is 53.7. The van der Waals surface area contributed by atoms with Gasteiger partial charge in [-0.3, -0.25) is 48.1 Å². The molecular weight excluding hydrogens is 915 g/mol. The smallest absolute Gasteiger partial charge is 0.248 e. The number of hydrogen-bond donors (Lipinski definition) is 12. The molecule has 2 heterocycles. The van der Waals surface area contributed by atoms with E-state index in [1.54, 1.807) is 84.9 Å². The summed E-state index contributed by atoms with van der Waals surface area (Å²) in [5, 5.41) is 21.6. The van der Waals surface area contributed by atoms with Crippen molar-refractivity contribution in [2.75, 3.05) is 13.1 Å². The number of primary amides is 1. The van der Waals surface area contributed by atoms with Gasteiger partial charge in [0.05, 0.1) is 6.42 Å². The minimum absolute atomic E-state index is 0.0550. The second-order valence-electron chi connectivity index (χ2n) is 17.2. The number of rotatable bonds is 16. The Morgan fingerprint density at radius 2 is 1.28 bits per heavy atom. The number of nitrogens with zero attached hydrogens (tertiary/aromatic N) is 1. The maximum Gasteiger partial charge on any atom is 0.248 e. The van der Waals surface area contributed by atoms with E-state index < -0.39 is 108 Å². The molecule has 3 aromatic carbocycles. The molecule has 4 aromatic rings. The molecule has 15 N–H and O–H groups in total. The van der Waals surface area contributed by atoms with Crippen LogP contribution in [0.1, 0.15) is 75.1 Å². The fourth-order valence-electron chi connectivity index (χ4n) is 7.92. The Morgan fingerprint density at radius 3 is 1.87 bits per heavy atom. The van der Waals surface area contributed by atoms with Crippen molar-refractivity contribution in [2.24, 2.45) is 22.2 Å². The van der Waals surface area contributed by atoms with Crippen molar-refractivity contribution in [1.29, 1.82) is 0 Å². The molecule has 5 rings (SSSR count). The van der Waals surface area contributed by atoms with Gasteiger partial charge in [0.2, 0.25) is 53.2 Å². The summed E-state index contributed by atoms with van der Waals surface area (Å²) in [6.07, 6.45) is 2.00. The third-order valence-corrected chi connectivity index (χ3v) is 11.6. The Balaban J connectivity index is 1.61. The van der Waals surface area contributed by atoms with Gasteiger partial charge in [-0.05, 0) is 36.5 Å². The van der Waals surface area contributed by atoms with Gasteiger partial charge >= 0.3 is 0 Å². The number of para-hydroxylation sites is 1. The van der Waals surface area contributed by atoms with Crippen LogP contribution >= 0.6 is 0 Å². The monoisotopic (exact) mass is 977 g/mol. The Bertz CT molecular complexity index is 2550. The summed E-state index contributed by atoms with van der Waals surface area (Å²) in [5.74, 6) is -7.89. The van der Waals surface area contributed by atoms with Crippen LogP contribution in [0.15, 0.2) is 96.1 Å². The summed E-state index contributed by atoms with van der Waals surface area (Å²) >= 11 is 0. The lowest BCUT2D eigenvalue weighted by molar-refractivity contribution is -0.136. The normalized spacial score (nSPS) is 21.2. The Hall–Kier alpha value is -8.30. The molecule has 0 unspecified atom stereocenters. The Morgan fingerprint density at radius 1 is 0.704 bits per heavy atom. The third-order valence-electron chi connectivity index (χ3n) is 11.6. The van der Waals surface area contributed by atoms with Crippen molar-refractivity contribution in [3.8, 4) is 0 Å². The molecule has 1 aliphatic heterocycles. The number of nitrogens with two attached hydrogens (primary N) is 3. The lowest BCUT2D eigenvalue weighted by Gasteiger charge is -2.28. The average Bonchev–Trinajstić information content (AvgIpc) is 3.77. The molecule has 1 aliphatic rings. The van der Waals surface area contributed by atoms with E-state index >= 15 is 0 Å². The van der Waals surface area contributed by atoms with E-state index in [-0.39, 0.29) is 50.2 Å². The maximum absolute atomic E-state index is 14.6. The molecule has 1 saturated heterocycles. The van der Waals surface area contributed by atoms with Gasteiger partial charge < -0.3 is 64.7 Å². The van der Waals surface area contributed by atoms with Crippen LogP contribution in [0.5, 0.6) is 0 Å². The van der Waals surface area contributed by atoms with Gasteiger partial charge in [0.15, 0.2) is 5.96 Å². The van der Waals surface area contributed by atoms with E-state index in [2.05, 4.69) is 52.5 Å². The number of carbonyl (C=O) groups excluding carboxylic acids is 9. The van der Waals surface area contributed by atoms with E-state index in [1.807, 2.05) is 6.92 Å². The number of benzene rings is 3. The van der Waals surface area contributed by atoms with Gasteiger partial charge in [-0.1, -0.05) is 98.6 Å². The highest BCUT2D eigenvalue weighted by atomic mass is 16.2. The molecule has 0 radical (unpaired) electrons. The number of aromatic amines is 1. The summed E-state index contributed by atoms with van der Waals surface area (Å²) in [6.45, 7) is 2.56. The summed E-state index contributed by atoms with van der Waals surface area (Å²) < 4.78 is 0. The number of H-pyrrole nitrogens is 1. The Labute approximate surface area is 410 Å². The van der Waals surface area contributed by atoms with Crippen molar-refractivity contribution in [1.82, 2.24) is 47.5 Å². The van der Waals surface area contributed by atoms with Crippen LogP contribution in [0, 0.1) is 0 Å². The first-order chi connectivity index (χ1) is 34.0. The highest BCUT2D eigenvalue weighted by molar-refractivity contribution is 6.00. The molecule has 1 fully saturated rings. The highest BCUT2D eigenvalue weighted by Gasteiger charge is 2.36. The predicted octanol–water partition coefficient (Wildman–Crippen LogP) is -1.01. The summed E-state index contributed by atoms with van der Waals surface area (Å²) in [4.78, 5) is 132. The van der Waals surface area contributed by atoms with E-state index in [4.69, 9.17) is 17.2 Å². The first-order valence-electron chi connectivity index (χ1n) is 23.4. The van der Waals surface area contributed by atoms with Crippen LogP contribution < -0.4 is 59.7 Å². The van der Waals surface area contributed by atoms with E-state index in [0.29, 0.717) is 34.9 Å². The predicted molar refractivity (Wildman–Crippen MR) is 263 cm³/mol. The van der Waals surface area contributed by atoms with Crippen LogP contribution in [0.25, 0.3) is 10.9 Å². The van der Waals surface area contributed by atoms with Crippen LogP contribution in [-0.4, -0.2) is 113 Å². The molecule has 0 bridgehead atoms. The molecule has 7 atom stereocenters. The van der Waals surface area contributed by atoms with Gasteiger partial charge in [0, 0.05) is 55.5 Å². The number of hydrogen-bond acceptors (Lipinski definition) is 10. The average molecular weight is 978 g/mol. The zero-order chi connectivity index (χ0) is 51.5. The quantitative estimate of drug-likeness (QED) is 0.0367. The highest BCUT2D eigenvalue weighted by Crippen LogP contribution is 2.25. The van der Waals surface area contributed by atoms with Gasteiger partial charge in [0.1, 0.15) is 42.3 Å². The largest absolute Gasteiger partial charge is 0.370 e. The number of guanidine groups is 1. The van der Waals surface area contributed by atoms with Crippen LogP contribution in [0.2, 0.25) is 0 Å². The maximum atomic E-state index is 14.6. The van der Waals surface area contributed by atoms with Crippen molar-refractivity contribution < 1.29 is 43.2 Å². The van der Waals surface area contributed by atoms with Crippen LogP contribution in [0.3, 0.4) is 0 Å². The summed E-state index contributed by atoms with van der Waals surface area (Å²) in [6, 6.07) is 14.1. The lowest BCUT2D eigenvalue weighted by Crippen LogP contribution is -2.61. The number of aromatic nitrogens is 1. The van der Waals surface area contributed by atoms with E-state index in [1.165, 1.54) is 13.1 Å². The molecule has 378 valence electrons. The molecule has 0 saturated carbocycles. The van der Waals surface area contributed by atoms with Crippen molar-refractivity contribution in [2.45, 2.75) is 108 Å². The van der Waals surface area contributed by atoms with Gasteiger partial charge in [-0.25, -0.2) is 0 Å². The molecule has 22 heteroatoms. The summed E-state index contributed by atoms with van der Waals surface area (Å²) in [7, 11) is 0. The topological polar surface area (TPSA) is 356 Å². The molecule has 0 spiro atoms. The minimum atomic E-state index is -1.68. The van der Waals surface area contributed by atoms with Crippen molar-refractivity contribution >= 4 is 70.0 Å². The molecule has 22 nitrogen and oxygen atoms in total. The molecule has 1 aromatic heterocycles. The fraction of sp³-hybridized carbons (Fsp3) is 0.388. The Kier molecular flexibility index (Phi) is 20.0. The van der Waals surface area contributed by atoms with Crippen molar-refractivity contribution in [3.05, 3.63) is 108 Å². The number of amides is 9. The number of fused-ring (bicyclic) bond motifs is 1. The van der Waals surface area contributed by atoms with Gasteiger partial charge in [-0.2, -0.15) is 0 Å². The van der Waals surface area contributed by atoms with Crippen LogP contribution in [-0.2, 0) is 56.0 Å². The van der Waals surface area contributed by atoms with E-state index in [9.17, 15) is 43.2 Å². The second-order valence-corrected chi connectivity index (χ2v) is 17.2. The van der Waals surface area contributed by atoms with Gasteiger partial charge in [-0.15, -0.1) is 0 Å². The second kappa shape index (κ2) is 26.5. The van der Waals surface area contributed by atoms with Gasteiger partial charge in [0.25, 0.3) is 0 Å². The minimum Gasteiger partial charge on any atom is -0.370 e. The number of unbranched alkanes of at least 4 members (excludes halogenated alkanes) is 1. The SMILES string of the molecule is CCCC[C@H](NC(C)=O)C(=O)N[C@@H]1CC(=O)NC[C@@H](C(N)=O)NC(=O)[C@H](c2c[nH]c3ccccc23)NC(=O)[C@@H](CCCN=C(N)N)NC(=O)[C@H](Cc2ccccc2)NC(=O)[C@@H](Cc2ccccc2)NC1=O. The number of carbonyl (C=O) groups is 9. The van der Waals surface area contributed by atoms with Crippen LogP contribution in [0.4, 0.5) is 0 Å². The molecule has 71 heavy (non-hydrogen) atoms. The zero-order valence-corrected chi connectivity index (χ0v) is 39.6. The molecule has 0 aliphatic carbocycles. The van der Waals surface area contributed by atoms with E-state index in [0.717, 1.165) is 0 Å². The zero-order valence-electron chi connectivity index (χ0n) is 39.6. The fourth-order valence-corrected chi connectivity index (χ4v) is 7.92. The molecular formula is C49H63N13O9.